The third-order valence-corrected chi connectivity index (χ3v) is 3.76. The zero-order valence-corrected chi connectivity index (χ0v) is 11.1. The lowest BCUT2D eigenvalue weighted by Gasteiger charge is -2.18. The highest BCUT2D eigenvalue weighted by Gasteiger charge is 2.28. The molecule has 4 heteroatoms. The summed E-state index contributed by atoms with van der Waals surface area (Å²) in [7, 11) is 0. The van der Waals surface area contributed by atoms with Crippen LogP contribution in [0.4, 0.5) is 0 Å². The summed E-state index contributed by atoms with van der Waals surface area (Å²) < 4.78 is 0. The lowest BCUT2D eigenvalue weighted by molar-refractivity contribution is -0.129. The van der Waals surface area contributed by atoms with Crippen LogP contribution >= 0.6 is 0 Å². The van der Waals surface area contributed by atoms with E-state index in [4.69, 9.17) is 5.73 Å². The first-order chi connectivity index (χ1) is 8.58. The number of hydrogen-bond acceptors (Lipinski definition) is 3. The summed E-state index contributed by atoms with van der Waals surface area (Å²) in [5.41, 5.74) is 7.85. The Morgan fingerprint density at radius 2 is 2.44 bits per heavy atom. The molecule has 18 heavy (non-hydrogen) atoms. The maximum atomic E-state index is 12.2. The first kappa shape index (κ1) is 13.0. The van der Waals surface area contributed by atoms with Crippen molar-refractivity contribution in [2.45, 2.75) is 32.7 Å². The van der Waals surface area contributed by atoms with Crippen molar-refractivity contribution in [1.29, 1.82) is 0 Å². The first-order valence-corrected chi connectivity index (χ1v) is 6.51. The van der Waals surface area contributed by atoms with Gasteiger partial charge in [0, 0.05) is 25.3 Å². The molecular weight excluding hydrogens is 226 g/mol. The number of aryl methyl sites for hydroxylation is 1. The van der Waals surface area contributed by atoms with Crippen molar-refractivity contribution in [3.63, 3.8) is 0 Å². The topological polar surface area (TPSA) is 59.2 Å². The molecule has 98 valence electrons. The number of amides is 1. The number of likely N-dealkylation sites (tertiary alicyclic amines) is 1. The van der Waals surface area contributed by atoms with E-state index in [0.717, 1.165) is 30.8 Å². The molecule has 1 fully saturated rings. The second-order valence-corrected chi connectivity index (χ2v) is 5.19. The van der Waals surface area contributed by atoms with Crippen molar-refractivity contribution in [2.75, 3.05) is 13.1 Å². The fourth-order valence-corrected chi connectivity index (χ4v) is 2.40. The quantitative estimate of drug-likeness (QED) is 0.871. The predicted octanol–water partition coefficient (Wildman–Crippen LogP) is 1.13. The molecule has 2 N–H and O–H groups in total. The lowest BCUT2D eigenvalue weighted by Crippen LogP contribution is -2.34. The highest BCUT2D eigenvalue weighted by atomic mass is 16.2. The van der Waals surface area contributed by atoms with E-state index >= 15 is 0 Å². The SMILES string of the molecule is Cc1cccnc1CC(=O)N1CCC(C(C)N)C1. The summed E-state index contributed by atoms with van der Waals surface area (Å²) >= 11 is 0. The zero-order valence-electron chi connectivity index (χ0n) is 11.1. The van der Waals surface area contributed by atoms with Crippen molar-refractivity contribution >= 4 is 5.91 Å². The van der Waals surface area contributed by atoms with Crippen LogP contribution in [0.5, 0.6) is 0 Å². The van der Waals surface area contributed by atoms with E-state index in [1.807, 2.05) is 30.9 Å². The molecule has 0 radical (unpaired) electrons. The van der Waals surface area contributed by atoms with Gasteiger partial charge in [0.15, 0.2) is 0 Å². The lowest BCUT2D eigenvalue weighted by atomic mass is 10.0. The summed E-state index contributed by atoms with van der Waals surface area (Å²) in [5.74, 6) is 0.610. The number of carbonyl (C=O) groups excluding carboxylic acids is 1. The number of nitrogens with zero attached hydrogens (tertiary/aromatic N) is 2. The molecule has 0 aromatic carbocycles. The first-order valence-electron chi connectivity index (χ1n) is 6.51. The molecule has 1 aliphatic heterocycles. The van der Waals surface area contributed by atoms with Gasteiger partial charge in [0.1, 0.15) is 0 Å². The molecule has 0 bridgehead atoms. The monoisotopic (exact) mass is 247 g/mol. The average molecular weight is 247 g/mol. The Morgan fingerprint density at radius 1 is 1.67 bits per heavy atom. The van der Waals surface area contributed by atoms with Crippen molar-refractivity contribution in [1.82, 2.24) is 9.88 Å². The summed E-state index contributed by atoms with van der Waals surface area (Å²) in [5, 5.41) is 0. The fraction of sp³-hybridized carbons (Fsp3) is 0.571. The van der Waals surface area contributed by atoms with E-state index in [9.17, 15) is 4.79 Å². The summed E-state index contributed by atoms with van der Waals surface area (Å²) in [6, 6.07) is 4.05. The van der Waals surface area contributed by atoms with Crippen LogP contribution in [0, 0.1) is 12.8 Å². The minimum absolute atomic E-state index is 0.166. The Labute approximate surface area is 108 Å². The van der Waals surface area contributed by atoms with Gasteiger partial charge >= 0.3 is 0 Å². The van der Waals surface area contributed by atoms with Crippen LogP contribution in [0.2, 0.25) is 0 Å². The maximum Gasteiger partial charge on any atom is 0.228 e. The van der Waals surface area contributed by atoms with Gasteiger partial charge in [-0.25, -0.2) is 0 Å². The van der Waals surface area contributed by atoms with Gasteiger partial charge in [-0.1, -0.05) is 6.07 Å². The molecule has 2 rings (SSSR count). The van der Waals surface area contributed by atoms with E-state index in [2.05, 4.69) is 4.98 Å². The van der Waals surface area contributed by atoms with Gasteiger partial charge in [-0.15, -0.1) is 0 Å². The van der Waals surface area contributed by atoms with Crippen LogP contribution in [0.3, 0.4) is 0 Å². The minimum atomic E-state index is 0.166. The standard InChI is InChI=1S/C14H21N3O/c1-10-4-3-6-16-13(10)8-14(18)17-7-5-12(9-17)11(2)15/h3-4,6,11-12H,5,7-9,15H2,1-2H3. The molecule has 0 spiro atoms. The van der Waals surface area contributed by atoms with Gasteiger partial charge in [0.25, 0.3) is 0 Å². The molecular formula is C14H21N3O. The van der Waals surface area contributed by atoms with Gasteiger partial charge in [0.2, 0.25) is 5.91 Å². The van der Waals surface area contributed by atoms with Crippen LogP contribution < -0.4 is 5.73 Å². The van der Waals surface area contributed by atoms with E-state index in [1.54, 1.807) is 6.20 Å². The molecule has 2 unspecified atom stereocenters. The van der Waals surface area contributed by atoms with Crippen LogP contribution in [-0.2, 0) is 11.2 Å². The Balaban J connectivity index is 1.96. The second kappa shape index (κ2) is 5.48. The normalized spacial score (nSPS) is 21.1. The van der Waals surface area contributed by atoms with Crippen LogP contribution in [0.25, 0.3) is 0 Å². The molecule has 2 heterocycles. The van der Waals surface area contributed by atoms with Gasteiger partial charge < -0.3 is 10.6 Å². The highest BCUT2D eigenvalue weighted by Crippen LogP contribution is 2.19. The smallest absolute Gasteiger partial charge is 0.228 e. The summed E-state index contributed by atoms with van der Waals surface area (Å²) in [4.78, 5) is 18.4. The number of nitrogens with two attached hydrogens (primary N) is 1. The molecule has 1 saturated heterocycles. The van der Waals surface area contributed by atoms with Gasteiger partial charge in [-0.2, -0.15) is 0 Å². The molecule has 0 saturated carbocycles. The largest absolute Gasteiger partial charge is 0.342 e. The molecule has 1 amide bonds. The Morgan fingerprint density at radius 3 is 3.06 bits per heavy atom. The summed E-state index contributed by atoms with van der Waals surface area (Å²) in [6.07, 6.45) is 3.16. The van der Waals surface area contributed by atoms with E-state index < -0.39 is 0 Å². The van der Waals surface area contributed by atoms with Crippen molar-refractivity contribution in [2.24, 2.45) is 11.7 Å². The molecule has 4 nitrogen and oxygen atoms in total. The fourth-order valence-electron chi connectivity index (χ4n) is 2.40. The molecule has 1 aromatic heterocycles. The number of rotatable bonds is 3. The molecule has 0 aliphatic carbocycles. The van der Waals surface area contributed by atoms with Gasteiger partial charge in [-0.05, 0) is 37.8 Å². The number of pyridine rings is 1. The van der Waals surface area contributed by atoms with Crippen LogP contribution in [0.1, 0.15) is 24.6 Å². The average Bonchev–Trinajstić information content (AvgIpc) is 2.81. The highest BCUT2D eigenvalue weighted by molar-refractivity contribution is 5.78. The van der Waals surface area contributed by atoms with E-state index in [-0.39, 0.29) is 11.9 Å². The Hall–Kier alpha value is -1.42. The van der Waals surface area contributed by atoms with Crippen LogP contribution in [0.15, 0.2) is 18.3 Å². The van der Waals surface area contributed by atoms with E-state index in [1.165, 1.54) is 0 Å². The van der Waals surface area contributed by atoms with Crippen molar-refractivity contribution in [3.05, 3.63) is 29.6 Å². The minimum Gasteiger partial charge on any atom is -0.342 e. The molecule has 1 aromatic rings. The molecule has 2 atom stereocenters. The number of aromatic nitrogens is 1. The summed E-state index contributed by atoms with van der Waals surface area (Å²) in [6.45, 7) is 5.63. The van der Waals surface area contributed by atoms with Crippen molar-refractivity contribution in [3.8, 4) is 0 Å². The Bertz CT molecular complexity index is 431. The predicted molar refractivity (Wildman–Crippen MR) is 71.0 cm³/mol. The van der Waals surface area contributed by atoms with Gasteiger partial charge in [0.05, 0.1) is 12.1 Å². The van der Waals surface area contributed by atoms with Crippen molar-refractivity contribution < 1.29 is 4.79 Å². The number of hydrogen-bond donors (Lipinski definition) is 1. The third kappa shape index (κ3) is 2.88. The maximum absolute atomic E-state index is 12.2. The number of carbonyl (C=O) groups is 1. The Kier molecular flexibility index (Phi) is 3.97. The molecule has 1 aliphatic rings. The second-order valence-electron chi connectivity index (χ2n) is 5.19. The van der Waals surface area contributed by atoms with E-state index in [0.29, 0.717) is 12.3 Å². The third-order valence-electron chi connectivity index (χ3n) is 3.76. The van der Waals surface area contributed by atoms with Crippen LogP contribution in [-0.4, -0.2) is 34.9 Å². The van der Waals surface area contributed by atoms with Gasteiger partial charge in [-0.3, -0.25) is 9.78 Å². The zero-order chi connectivity index (χ0) is 13.1.